The van der Waals surface area contributed by atoms with E-state index in [2.05, 4.69) is 29.5 Å². The van der Waals surface area contributed by atoms with E-state index in [9.17, 15) is 9.59 Å². The van der Waals surface area contributed by atoms with Crippen molar-refractivity contribution in [1.82, 2.24) is 19.6 Å². The van der Waals surface area contributed by atoms with Crippen molar-refractivity contribution >= 4 is 23.9 Å². The summed E-state index contributed by atoms with van der Waals surface area (Å²) in [7, 11) is 0. The van der Waals surface area contributed by atoms with Crippen LogP contribution < -0.4 is 11.4 Å². The molecule has 3 aromatic heterocycles. The molecule has 184 valence electrons. The van der Waals surface area contributed by atoms with Crippen molar-refractivity contribution in [2.45, 2.75) is 34.1 Å². The Morgan fingerprint density at radius 2 is 1.97 bits per heavy atom. The Hall–Kier alpha value is -4.13. The molecule has 4 rings (SSSR count). The zero-order chi connectivity index (χ0) is 25.5. The number of esters is 1. The lowest BCUT2D eigenvalue weighted by Gasteiger charge is -2.04. The van der Waals surface area contributed by atoms with E-state index in [1.807, 2.05) is 6.92 Å². The van der Waals surface area contributed by atoms with Gasteiger partial charge in [0.1, 0.15) is 17.8 Å². The summed E-state index contributed by atoms with van der Waals surface area (Å²) in [6.45, 7) is 8.19. The van der Waals surface area contributed by atoms with Crippen LogP contribution in [0.15, 0.2) is 43.7 Å². The second-order valence-corrected chi connectivity index (χ2v) is 6.41. The largest absolute Gasteiger partial charge is 0.508 e. The number of ether oxygens (including phenoxy) is 1. The Morgan fingerprint density at radius 1 is 1.26 bits per heavy atom. The van der Waals surface area contributed by atoms with Crippen LogP contribution in [0.2, 0.25) is 0 Å². The highest BCUT2D eigenvalue weighted by molar-refractivity contribution is 5.91. The van der Waals surface area contributed by atoms with E-state index >= 15 is 0 Å². The van der Waals surface area contributed by atoms with Crippen LogP contribution in [-0.4, -0.2) is 67.7 Å². The minimum Gasteiger partial charge on any atom is -0.508 e. The van der Waals surface area contributed by atoms with Crippen LogP contribution >= 0.6 is 0 Å². The van der Waals surface area contributed by atoms with Crippen LogP contribution in [0.25, 0.3) is 5.78 Å². The molecule has 0 aliphatic carbocycles. The van der Waals surface area contributed by atoms with E-state index in [1.165, 1.54) is 12.4 Å². The summed E-state index contributed by atoms with van der Waals surface area (Å²) in [5.41, 5.74) is 6.11. The van der Waals surface area contributed by atoms with Crippen molar-refractivity contribution in [1.29, 1.82) is 0 Å². The van der Waals surface area contributed by atoms with Crippen LogP contribution in [0.1, 0.15) is 31.0 Å². The summed E-state index contributed by atoms with van der Waals surface area (Å²) in [4.78, 5) is 37.3. The minimum atomic E-state index is -0.521. The molecule has 3 aromatic rings. The monoisotopic (exact) mass is 475 g/mol. The summed E-state index contributed by atoms with van der Waals surface area (Å²) in [6, 6.07) is 4.20. The fourth-order valence-corrected chi connectivity index (χ4v) is 2.39. The number of carbonyl (C=O) groups excluding carboxylic acids is 1. The standard InChI is InChI=1S/C10H12N4O2.C6H6O3.C3H5N3.C2H6O/c1-3-16-9(15)5-8-4-7(2)13-10-11-6-12-14(8)10;1-4-2-5(7)3-6(8)9-4;4-3-5-1-2-6-3;1-2-3/h4,6H,3,5H2,1-2H3;2-3,7H,1H3;1H,2H2,(H2,4,6);3H,2H2,1H3. The third-order valence-corrected chi connectivity index (χ3v) is 3.52. The summed E-state index contributed by atoms with van der Waals surface area (Å²) in [5.74, 6) is 0.989. The highest BCUT2D eigenvalue weighted by Crippen LogP contribution is 2.06. The molecule has 0 atom stereocenters. The number of carbonyl (C=O) groups is 1. The van der Waals surface area contributed by atoms with Gasteiger partial charge >= 0.3 is 11.6 Å². The molecular weight excluding hydrogens is 446 g/mol. The first kappa shape index (κ1) is 27.9. The Bertz CT molecular complexity index is 1140. The number of aryl methyl sites for hydroxylation is 2. The van der Waals surface area contributed by atoms with Crippen molar-refractivity contribution in [3.8, 4) is 5.75 Å². The van der Waals surface area contributed by atoms with Crippen LogP contribution in [-0.2, 0) is 16.0 Å². The Labute approximate surface area is 195 Å². The molecule has 0 amide bonds. The number of guanidine groups is 1. The molecule has 0 radical (unpaired) electrons. The lowest BCUT2D eigenvalue weighted by Crippen LogP contribution is -2.12. The molecule has 1 aliphatic heterocycles. The molecule has 0 spiro atoms. The van der Waals surface area contributed by atoms with E-state index in [0.717, 1.165) is 17.5 Å². The lowest BCUT2D eigenvalue weighted by molar-refractivity contribution is -0.142. The average molecular weight is 476 g/mol. The fraction of sp³-hybridized carbons (Fsp3) is 0.381. The number of aromatic hydroxyl groups is 1. The number of rotatable bonds is 3. The number of nitrogens with zero attached hydrogens (tertiary/aromatic N) is 6. The second kappa shape index (κ2) is 14.8. The molecule has 4 heterocycles. The van der Waals surface area contributed by atoms with Gasteiger partial charge in [-0.3, -0.25) is 4.79 Å². The molecule has 13 heteroatoms. The van der Waals surface area contributed by atoms with Gasteiger partial charge in [-0.15, -0.1) is 0 Å². The van der Waals surface area contributed by atoms with Gasteiger partial charge in [-0.1, -0.05) is 0 Å². The molecule has 0 saturated heterocycles. The molecule has 34 heavy (non-hydrogen) atoms. The maximum Gasteiger partial charge on any atom is 0.339 e. The van der Waals surface area contributed by atoms with Gasteiger partial charge in [-0.2, -0.15) is 10.1 Å². The predicted octanol–water partition coefficient (Wildman–Crippen LogP) is 0.576. The SMILES string of the molecule is CCO.CCOC(=O)Cc1cc(C)nc2ncnn12.Cc1cc(O)cc(=O)o1.NC1=NCC=N1. The minimum absolute atomic E-state index is 0.0521. The molecule has 0 unspecified atom stereocenters. The summed E-state index contributed by atoms with van der Waals surface area (Å²) in [5, 5.41) is 20.3. The molecule has 13 nitrogen and oxygen atoms in total. The Balaban J connectivity index is 0.000000269. The fourth-order valence-electron chi connectivity index (χ4n) is 2.39. The van der Waals surface area contributed by atoms with E-state index < -0.39 is 5.63 Å². The average Bonchev–Trinajstić information content (AvgIpc) is 3.40. The molecule has 1 aliphatic rings. The highest BCUT2D eigenvalue weighted by Gasteiger charge is 2.10. The first-order valence-corrected chi connectivity index (χ1v) is 10.3. The molecule has 0 bridgehead atoms. The van der Waals surface area contributed by atoms with Crippen LogP contribution in [0.3, 0.4) is 0 Å². The van der Waals surface area contributed by atoms with Gasteiger partial charge < -0.3 is 25.1 Å². The van der Waals surface area contributed by atoms with Crippen LogP contribution in [0.4, 0.5) is 0 Å². The van der Waals surface area contributed by atoms with Crippen molar-refractivity contribution in [2.24, 2.45) is 15.7 Å². The van der Waals surface area contributed by atoms with Gasteiger partial charge in [-0.25, -0.2) is 24.3 Å². The third-order valence-electron chi connectivity index (χ3n) is 3.52. The van der Waals surface area contributed by atoms with Crippen molar-refractivity contribution < 1.29 is 24.2 Å². The van der Waals surface area contributed by atoms with Gasteiger partial charge in [0, 0.05) is 24.6 Å². The summed E-state index contributed by atoms with van der Waals surface area (Å²) < 4.78 is 11.0. The lowest BCUT2D eigenvalue weighted by atomic mass is 10.2. The number of hydrogen-bond donors (Lipinski definition) is 3. The van der Waals surface area contributed by atoms with E-state index in [4.69, 9.17) is 20.7 Å². The number of aromatic nitrogens is 4. The van der Waals surface area contributed by atoms with Crippen molar-refractivity contribution in [3.63, 3.8) is 0 Å². The van der Waals surface area contributed by atoms with Gasteiger partial charge in [0.05, 0.1) is 31.3 Å². The van der Waals surface area contributed by atoms with Gasteiger partial charge in [0.25, 0.3) is 5.78 Å². The Kier molecular flexibility index (Phi) is 12.2. The molecular formula is C21H29N7O6. The first-order chi connectivity index (χ1) is 16.2. The van der Waals surface area contributed by atoms with Gasteiger partial charge in [0.15, 0.2) is 0 Å². The van der Waals surface area contributed by atoms with Crippen LogP contribution in [0.5, 0.6) is 5.75 Å². The topological polar surface area (TPSA) is 191 Å². The number of nitrogens with two attached hydrogens (primary N) is 1. The first-order valence-electron chi connectivity index (χ1n) is 10.3. The van der Waals surface area contributed by atoms with Crippen LogP contribution in [0, 0.1) is 13.8 Å². The second-order valence-electron chi connectivity index (χ2n) is 6.41. The third kappa shape index (κ3) is 10.5. The molecule has 4 N–H and O–H groups in total. The van der Waals surface area contributed by atoms with E-state index in [0.29, 0.717) is 30.6 Å². The van der Waals surface area contributed by atoms with E-state index in [-0.39, 0.29) is 24.7 Å². The maximum absolute atomic E-state index is 11.4. The Morgan fingerprint density at radius 3 is 2.47 bits per heavy atom. The number of aliphatic imine (C=N–C) groups is 2. The van der Waals surface area contributed by atoms with E-state index in [1.54, 1.807) is 37.6 Å². The summed E-state index contributed by atoms with van der Waals surface area (Å²) in [6.07, 6.45) is 3.27. The molecule has 0 aromatic carbocycles. The number of fused-ring (bicyclic) bond motifs is 1. The zero-order valence-electron chi connectivity index (χ0n) is 19.5. The summed E-state index contributed by atoms with van der Waals surface area (Å²) >= 11 is 0. The smallest absolute Gasteiger partial charge is 0.339 e. The zero-order valence-corrected chi connectivity index (χ0v) is 19.5. The van der Waals surface area contributed by atoms with Crippen molar-refractivity contribution in [2.75, 3.05) is 19.8 Å². The molecule has 0 saturated carbocycles. The normalized spacial score (nSPS) is 11.3. The van der Waals surface area contributed by atoms with Gasteiger partial charge in [0.2, 0.25) is 5.96 Å². The maximum atomic E-state index is 11.4. The quantitative estimate of drug-likeness (QED) is 0.451. The highest BCUT2D eigenvalue weighted by atomic mass is 16.5. The molecule has 0 fully saturated rings. The number of aliphatic hydroxyl groups is 1. The number of aliphatic hydroxyl groups excluding tert-OH is 1. The predicted molar refractivity (Wildman–Crippen MR) is 125 cm³/mol. The van der Waals surface area contributed by atoms with Gasteiger partial charge in [-0.05, 0) is 33.8 Å². The van der Waals surface area contributed by atoms with Crippen molar-refractivity contribution in [3.05, 3.63) is 52.1 Å². The number of hydrogen-bond acceptors (Lipinski definition) is 12.